The Labute approximate surface area is 122 Å². The molecule has 0 fully saturated rings. The van der Waals surface area contributed by atoms with Crippen molar-refractivity contribution in [1.29, 1.82) is 0 Å². The maximum atomic E-state index is 12.0. The fraction of sp³-hybridized carbons (Fsp3) is 0.308. The summed E-state index contributed by atoms with van der Waals surface area (Å²) in [6.45, 7) is 2.28. The first kappa shape index (κ1) is 14.3. The second kappa shape index (κ2) is 5.92. The summed E-state index contributed by atoms with van der Waals surface area (Å²) in [4.78, 5) is 20.6. The van der Waals surface area contributed by atoms with Gasteiger partial charge >= 0.3 is 0 Å². The van der Waals surface area contributed by atoms with Gasteiger partial charge in [-0.05, 0) is 13.0 Å². The maximum Gasteiger partial charge on any atom is 0.246 e. The van der Waals surface area contributed by atoms with Crippen molar-refractivity contribution in [2.45, 2.75) is 13.5 Å². The van der Waals surface area contributed by atoms with E-state index >= 15 is 0 Å². The summed E-state index contributed by atoms with van der Waals surface area (Å²) >= 11 is 6.10. The van der Waals surface area contributed by atoms with E-state index in [1.165, 1.54) is 6.08 Å². The molecule has 0 spiro atoms. The zero-order chi connectivity index (χ0) is 14.7. The fourth-order valence-electron chi connectivity index (χ4n) is 1.80. The molecule has 20 heavy (non-hydrogen) atoms. The van der Waals surface area contributed by atoms with Gasteiger partial charge in [-0.3, -0.25) is 9.48 Å². The summed E-state index contributed by atoms with van der Waals surface area (Å²) in [5.74, 6) is 0.616. The van der Waals surface area contributed by atoms with Gasteiger partial charge in [0, 0.05) is 38.1 Å². The zero-order valence-electron chi connectivity index (χ0n) is 11.6. The Balaban J connectivity index is 2.05. The number of aromatic nitrogens is 4. The van der Waals surface area contributed by atoms with E-state index in [0.29, 0.717) is 11.7 Å². The number of aromatic amines is 1. The monoisotopic (exact) mass is 293 g/mol. The Kier molecular flexibility index (Phi) is 4.24. The number of hydrogen-bond donors (Lipinski definition) is 1. The molecule has 0 aliphatic rings. The molecule has 0 aliphatic heterocycles. The lowest BCUT2D eigenvalue weighted by molar-refractivity contribution is -0.125. The summed E-state index contributed by atoms with van der Waals surface area (Å²) < 4.78 is 1.58. The molecule has 1 amide bonds. The number of likely N-dealkylation sites (N-methyl/N-ethyl adjacent to an activating group) is 1. The molecule has 0 unspecified atom stereocenters. The highest BCUT2D eigenvalue weighted by atomic mass is 35.5. The fourth-order valence-corrected chi connectivity index (χ4v) is 2.04. The Hall–Kier alpha value is -2.08. The molecule has 2 aromatic rings. The number of hydrogen-bond acceptors (Lipinski definition) is 3. The van der Waals surface area contributed by atoms with Crippen LogP contribution in [0.4, 0.5) is 0 Å². The third-order valence-electron chi connectivity index (χ3n) is 2.91. The normalized spacial score (nSPS) is 11.2. The van der Waals surface area contributed by atoms with Crippen LogP contribution in [-0.2, 0) is 18.4 Å². The van der Waals surface area contributed by atoms with E-state index in [1.807, 2.05) is 6.92 Å². The van der Waals surface area contributed by atoms with Gasteiger partial charge in [0.2, 0.25) is 5.91 Å². The molecule has 1 N–H and O–H groups in total. The number of carbonyl (C=O) groups excluding carboxylic acids is 1. The van der Waals surface area contributed by atoms with E-state index in [4.69, 9.17) is 11.6 Å². The largest absolute Gasteiger partial charge is 0.347 e. The molecule has 2 aromatic heterocycles. The first-order valence-electron chi connectivity index (χ1n) is 6.09. The van der Waals surface area contributed by atoms with Gasteiger partial charge in [-0.1, -0.05) is 11.6 Å². The lowest BCUT2D eigenvalue weighted by Gasteiger charge is -2.12. The Morgan fingerprint density at radius 1 is 1.60 bits per heavy atom. The topological polar surface area (TPSA) is 66.8 Å². The van der Waals surface area contributed by atoms with E-state index in [2.05, 4.69) is 15.1 Å². The number of amides is 1. The minimum absolute atomic E-state index is 0.124. The summed E-state index contributed by atoms with van der Waals surface area (Å²) in [7, 11) is 3.48. The number of halogens is 1. The van der Waals surface area contributed by atoms with E-state index in [1.54, 1.807) is 42.1 Å². The smallest absolute Gasteiger partial charge is 0.246 e. The standard InChI is InChI=1S/C13H16ClN5O/c1-9-10(13(14)19(3)17-9)4-5-12(20)18(2)8-11-15-6-7-16-11/h4-7H,8H2,1-3H3,(H,15,16). The molecule has 0 atom stereocenters. The van der Waals surface area contributed by atoms with E-state index < -0.39 is 0 Å². The highest BCUT2D eigenvalue weighted by Crippen LogP contribution is 2.20. The third-order valence-corrected chi connectivity index (χ3v) is 3.35. The predicted octanol–water partition coefficient (Wildman–Crippen LogP) is 1.78. The van der Waals surface area contributed by atoms with Crippen LogP contribution < -0.4 is 0 Å². The lowest BCUT2D eigenvalue weighted by Crippen LogP contribution is -2.24. The van der Waals surface area contributed by atoms with Crippen molar-refractivity contribution in [1.82, 2.24) is 24.6 Å². The average molecular weight is 294 g/mol. The van der Waals surface area contributed by atoms with Gasteiger partial charge in [0.05, 0.1) is 12.2 Å². The van der Waals surface area contributed by atoms with Gasteiger partial charge in [-0.15, -0.1) is 0 Å². The number of H-pyrrole nitrogens is 1. The van der Waals surface area contributed by atoms with Crippen LogP contribution in [-0.4, -0.2) is 37.6 Å². The molecular formula is C13H16ClN5O. The first-order chi connectivity index (χ1) is 9.49. The molecule has 0 bridgehead atoms. The quantitative estimate of drug-likeness (QED) is 0.874. The number of carbonyl (C=O) groups is 1. The van der Waals surface area contributed by atoms with Gasteiger partial charge in [-0.2, -0.15) is 5.10 Å². The first-order valence-corrected chi connectivity index (χ1v) is 6.47. The molecule has 0 saturated carbocycles. The van der Waals surface area contributed by atoms with E-state index in [-0.39, 0.29) is 5.91 Å². The summed E-state index contributed by atoms with van der Waals surface area (Å²) in [5.41, 5.74) is 1.55. The maximum absolute atomic E-state index is 12.0. The zero-order valence-corrected chi connectivity index (χ0v) is 12.3. The minimum Gasteiger partial charge on any atom is -0.347 e. The van der Waals surface area contributed by atoms with Crippen LogP contribution in [0.25, 0.3) is 6.08 Å². The molecule has 0 saturated heterocycles. The van der Waals surface area contributed by atoms with Gasteiger partial charge in [0.1, 0.15) is 11.0 Å². The summed E-state index contributed by atoms with van der Waals surface area (Å²) in [5, 5.41) is 4.70. The second-order valence-corrected chi connectivity index (χ2v) is 4.84. The molecule has 0 aliphatic carbocycles. The van der Waals surface area contributed by atoms with Crippen LogP contribution in [0.5, 0.6) is 0 Å². The van der Waals surface area contributed by atoms with Gasteiger partial charge in [-0.25, -0.2) is 4.98 Å². The summed E-state index contributed by atoms with van der Waals surface area (Å²) in [6, 6.07) is 0. The highest BCUT2D eigenvalue weighted by molar-refractivity contribution is 6.31. The lowest BCUT2D eigenvalue weighted by atomic mass is 10.2. The molecule has 0 radical (unpaired) electrons. The van der Waals surface area contributed by atoms with Crippen LogP contribution in [0.2, 0.25) is 5.15 Å². The number of aryl methyl sites for hydroxylation is 2. The number of nitrogens with one attached hydrogen (secondary N) is 1. The van der Waals surface area contributed by atoms with Gasteiger partial charge < -0.3 is 9.88 Å². The molecule has 0 aromatic carbocycles. The van der Waals surface area contributed by atoms with Gasteiger partial charge in [0.25, 0.3) is 0 Å². The number of nitrogens with zero attached hydrogens (tertiary/aromatic N) is 4. The number of imidazole rings is 1. The van der Waals surface area contributed by atoms with Crippen molar-refractivity contribution < 1.29 is 4.79 Å². The van der Waals surface area contributed by atoms with Crippen LogP contribution in [0.3, 0.4) is 0 Å². The van der Waals surface area contributed by atoms with Crippen LogP contribution in [0.1, 0.15) is 17.1 Å². The van der Waals surface area contributed by atoms with Crippen molar-refractivity contribution in [3.63, 3.8) is 0 Å². The van der Waals surface area contributed by atoms with E-state index in [9.17, 15) is 4.79 Å². The third kappa shape index (κ3) is 3.08. The molecule has 6 nitrogen and oxygen atoms in total. The molecule has 2 heterocycles. The van der Waals surface area contributed by atoms with Gasteiger partial charge in [0.15, 0.2) is 0 Å². The van der Waals surface area contributed by atoms with E-state index in [0.717, 1.165) is 17.1 Å². The molecule has 2 rings (SSSR count). The SMILES string of the molecule is Cc1nn(C)c(Cl)c1C=CC(=O)N(C)Cc1ncc[nH]1. The number of rotatable bonds is 4. The minimum atomic E-state index is -0.124. The van der Waals surface area contributed by atoms with Crippen molar-refractivity contribution in [3.8, 4) is 0 Å². The van der Waals surface area contributed by atoms with Crippen LogP contribution in [0, 0.1) is 6.92 Å². The average Bonchev–Trinajstić information content (AvgIpc) is 2.98. The van der Waals surface area contributed by atoms with Crippen LogP contribution in [0.15, 0.2) is 18.5 Å². The van der Waals surface area contributed by atoms with Crippen molar-refractivity contribution in [2.75, 3.05) is 7.05 Å². The van der Waals surface area contributed by atoms with Crippen molar-refractivity contribution in [3.05, 3.63) is 40.7 Å². The molecule has 106 valence electrons. The molecule has 7 heteroatoms. The Bertz CT molecular complexity index is 629. The summed E-state index contributed by atoms with van der Waals surface area (Å²) in [6.07, 6.45) is 6.55. The molecular weight excluding hydrogens is 278 g/mol. The second-order valence-electron chi connectivity index (χ2n) is 4.48. The van der Waals surface area contributed by atoms with Crippen molar-refractivity contribution in [2.24, 2.45) is 7.05 Å². The predicted molar refractivity (Wildman–Crippen MR) is 77.1 cm³/mol. The van der Waals surface area contributed by atoms with Crippen LogP contribution >= 0.6 is 11.6 Å². The van der Waals surface area contributed by atoms with Crippen molar-refractivity contribution >= 4 is 23.6 Å². The Morgan fingerprint density at radius 3 is 2.90 bits per heavy atom. The highest BCUT2D eigenvalue weighted by Gasteiger charge is 2.10. The Morgan fingerprint density at radius 2 is 2.35 bits per heavy atom.